The maximum absolute atomic E-state index is 13.8. The Kier molecular flexibility index (Phi) is 4.53. The second-order valence-corrected chi connectivity index (χ2v) is 5.15. The molecule has 0 fully saturated rings. The summed E-state index contributed by atoms with van der Waals surface area (Å²) in [5, 5.41) is 10.5. The highest BCUT2D eigenvalue weighted by molar-refractivity contribution is 5.34. The van der Waals surface area contributed by atoms with Crippen molar-refractivity contribution in [3.05, 3.63) is 70.5 Å². The van der Waals surface area contributed by atoms with Crippen molar-refractivity contribution in [3.63, 3.8) is 0 Å². The summed E-state index contributed by atoms with van der Waals surface area (Å²) in [6, 6.07) is 12.2. The lowest BCUT2D eigenvalue weighted by atomic mass is 9.87. The number of hydrogen-bond donors (Lipinski definition) is 2. The van der Waals surface area contributed by atoms with Gasteiger partial charge in [0.15, 0.2) is 0 Å². The minimum atomic E-state index is -0.941. The molecule has 2 rings (SSSR count). The molecule has 106 valence electrons. The van der Waals surface area contributed by atoms with Crippen molar-refractivity contribution in [2.24, 2.45) is 5.73 Å². The molecule has 2 unspecified atom stereocenters. The van der Waals surface area contributed by atoms with E-state index < -0.39 is 11.9 Å². The first-order valence-corrected chi connectivity index (χ1v) is 6.74. The van der Waals surface area contributed by atoms with Crippen LogP contribution in [0.25, 0.3) is 0 Å². The van der Waals surface area contributed by atoms with Crippen molar-refractivity contribution in [1.29, 1.82) is 0 Å². The van der Waals surface area contributed by atoms with Crippen LogP contribution in [0.4, 0.5) is 4.39 Å². The van der Waals surface area contributed by atoms with E-state index in [4.69, 9.17) is 5.73 Å². The summed E-state index contributed by atoms with van der Waals surface area (Å²) in [6.45, 7) is 4.31. The number of nitrogens with two attached hydrogens (primary N) is 1. The van der Waals surface area contributed by atoms with Crippen molar-refractivity contribution in [3.8, 4) is 0 Å². The van der Waals surface area contributed by atoms with Crippen LogP contribution in [-0.4, -0.2) is 11.7 Å². The van der Waals surface area contributed by atoms with Gasteiger partial charge in [-0.3, -0.25) is 0 Å². The van der Waals surface area contributed by atoms with Crippen LogP contribution in [0.3, 0.4) is 0 Å². The normalized spacial score (nSPS) is 14.1. The summed E-state index contributed by atoms with van der Waals surface area (Å²) in [5.74, 6) is -0.714. The maximum atomic E-state index is 13.8. The molecule has 3 heteroatoms. The smallest absolute Gasteiger partial charge is 0.129 e. The van der Waals surface area contributed by atoms with Gasteiger partial charge in [0.2, 0.25) is 0 Å². The van der Waals surface area contributed by atoms with Gasteiger partial charge in [0.25, 0.3) is 0 Å². The molecule has 0 saturated carbocycles. The largest absolute Gasteiger partial charge is 0.388 e. The van der Waals surface area contributed by atoms with Crippen molar-refractivity contribution >= 4 is 0 Å². The fourth-order valence-corrected chi connectivity index (χ4v) is 2.37. The predicted octanol–water partition coefficient (Wildman–Crippen LogP) is 3.22. The van der Waals surface area contributed by atoms with Crippen LogP contribution >= 0.6 is 0 Å². The van der Waals surface area contributed by atoms with E-state index in [0.717, 1.165) is 11.1 Å². The molecule has 2 atom stereocenters. The van der Waals surface area contributed by atoms with E-state index in [9.17, 15) is 9.50 Å². The average molecular weight is 273 g/mol. The average Bonchev–Trinajstić information content (AvgIpc) is 2.44. The van der Waals surface area contributed by atoms with Crippen LogP contribution in [-0.2, 0) is 0 Å². The van der Waals surface area contributed by atoms with Gasteiger partial charge in [0.05, 0.1) is 6.10 Å². The van der Waals surface area contributed by atoms with Gasteiger partial charge in [-0.05, 0) is 36.6 Å². The summed E-state index contributed by atoms with van der Waals surface area (Å²) >= 11 is 0. The van der Waals surface area contributed by atoms with E-state index in [1.807, 2.05) is 32.0 Å². The van der Waals surface area contributed by atoms with Gasteiger partial charge in [-0.1, -0.05) is 36.4 Å². The molecule has 0 saturated heterocycles. The first-order valence-electron chi connectivity index (χ1n) is 6.74. The highest BCUT2D eigenvalue weighted by atomic mass is 19.1. The molecule has 0 aliphatic carbocycles. The van der Waals surface area contributed by atoms with Crippen molar-refractivity contribution in [2.45, 2.75) is 25.9 Å². The Hall–Kier alpha value is -1.71. The van der Waals surface area contributed by atoms with Gasteiger partial charge in [0, 0.05) is 18.0 Å². The zero-order valence-electron chi connectivity index (χ0n) is 11.8. The lowest BCUT2D eigenvalue weighted by molar-refractivity contribution is 0.143. The fourth-order valence-electron chi connectivity index (χ4n) is 2.37. The van der Waals surface area contributed by atoms with E-state index in [0.29, 0.717) is 5.56 Å². The monoisotopic (exact) mass is 273 g/mol. The van der Waals surface area contributed by atoms with Crippen LogP contribution in [0.15, 0.2) is 42.5 Å². The topological polar surface area (TPSA) is 46.2 Å². The van der Waals surface area contributed by atoms with E-state index >= 15 is 0 Å². The highest BCUT2D eigenvalue weighted by Gasteiger charge is 2.24. The molecule has 2 aromatic rings. The molecular weight excluding hydrogens is 253 g/mol. The molecule has 0 bridgehead atoms. The zero-order valence-corrected chi connectivity index (χ0v) is 11.8. The molecule has 0 amide bonds. The van der Waals surface area contributed by atoms with Crippen molar-refractivity contribution in [2.75, 3.05) is 6.54 Å². The fraction of sp³-hybridized carbons (Fsp3) is 0.294. The summed E-state index contributed by atoms with van der Waals surface area (Å²) in [5.41, 5.74) is 9.35. The standard InChI is InChI=1S/C17H20FNO/c1-11-7-8-13(9-12(11)2)15(10-19)17(20)14-5-3-4-6-16(14)18/h3-9,15,17,20H,10,19H2,1-2H3. The molecular formula is C17H20FNO. The van der Waals surface area contributed by atoms with Crippen LogP contribution < -0.4 is 5.73 Å². The van der Waals surface area contributed by atoms with Gasteiger partial charge >= 0.3 is 0 Å². The quantitative estimate of drug-likeness (QED) is 0.898. The Morgan fingerprint density at radius 1 is 1.10 bits per heavy atom. The lowest BCUT2D eigenvalue weighted by Crippen LogP contribution is -2.21. The minimum absolute atomic E-state index is 0.262. The zero-order chi connectivity index (χ0) is 14.7. The first kappa shape index (κ1) is 14.7. The maximum Gasteiger partial charge on any atom is 0.129 e. The SMILES string of the molecule is Cc1ccc(C(CN)C(O)c2ccccc2F)cc1C. The highest BCUT2D eigenvalue weighted by Crippen LogP contribution is 2.32. The summed E-state index contributed by atoms with van der Waals surface area (Å²) in [6.07, 6.45) is -0.941. The molecule has 0 heterocycles. The van der Waals surface area contributed by atoms with E-state index in [1.165, 1.54) is 11.6 Å². The van der Waals surface area contributed by atoms with Crippen molar-refractivity contribution < 1.29 is 9.50 Å². The molecule has 3 N–H and O–H groups in total. The Bertz CT molecular complexity index is 597. The second kappa shape index (κ2) is 6.16. The first-order chi connectivity index (χ1) is 9.54. The molecule has 0 radical (unpaired) electrons. The van der Waals surface area contributed by atoms with Gasteiger partial charge in [-0.15, -0.1) is 0 Å². The van der Waals surface area contributed by atoms with E-state index in [2.05, 4.69) is 0 Å². The minimum Gasteiger partial charge on any atom is -0.388 e. The van der Waals surface area contributed by atoms with Gasteiger partial charge in [0.1, 0.15) is 5.82 Å². The third-order valence-electron chi connectivity index (χ3n) is 3.82. The predicted molar refractivity (Wildman–Crippen MR) is 79.1 cm³/mol. The second-order valence-electron chi connectivity index (χ2n) is 5.15. The third kappa shape index (κ3) is 2.89. The van der Waals surface area contributed by atoms with E-state index in [-0.39, 0.29) is 12.5 Å². The number of hydrogen-bond acceptors (Lipinski definition) is 2. The van der Waals surface area contributed by atoms with Gasteiger partial charge < -0.3 is 10.8 Å². The molecule has 0 aromatic heterocycles. The lowest BCUT2D eigenvalue weighted by Gasteiger charge is -2.23. The number of rotatable bonds is 4. The molecule has 0 aliphatic rings. The molecule has 2 nitrogen and oxygen atoms in total. The Morgan fingerprint density at radius 2 is 1.80 bits per heavy atom. The molecule has 20 heavy (non-hydrogen) atoms. The van der Waals surface area contributed by atoms with Gasteiger partial charge in [-0.2, -0.15) is 0 Å². The number of benzene rings is 2. The summed E-state index contributed by atoms with van der Waals surface area (Å²) in [7, 11) is 0. The van der Waals surface area contributed by atoms with Crippen LogP contribution in [0.2, 0.25) is 0 Å². The van der Waals surface area contributed by atoms with Crippen LogP contribution in [0.1, 0.15) is 34.3 Å². The Balaban J connectivity index is 2.36. The molecule has 0 spiro atoms. The Morgan fingerprint density at radius 3 is 2.40 bits per heavy atom. The Labute approximate surface area is 119 Å². The van der Waals surface area contributed by atoms with Crippen molar-refractivity contribution in [1.82, 2.24) is 0 Å². The van der Waals surface area contributed by atoms with Gasteiger partial charge in [-0.25, -0.2) is 4.39 Å². The van der Waals surface area contributed by atoms with E-state index in [1.54, 1.807) is 18.2 Å². The molecule has 0 aliphatic heterocycles. The number of aliphatic hydroxyl groups excluding tert-OH is 1. The molecule has 2 aromatic carbocycles. The summed E-state index contributed by atoms with van der Waals surface area (Å²) < 4.78 is 13.8. The number of aliphatic hydroxyl groups is 1. The number of aryl methyl sites for hydroxylation is 2. The van der Waals surface area contributed by atoms with Crippen LogP contribution in [0.5, 0.6) is 0 Å². The third-order valence-corrected chi connectivity index (χ3v) is 3.82. The summed E-state index contributed by atoms with van der Waals surface area (Å²) in [4.78, 5) is 0. The van der Waals surface area contributed by atoms with Crippen LogP contribution in [0, 0.1) is 19.7 Å². The number of halogens is 1.